The molecule has 0 aliphatic rings. The van der Waals surface area contributed by atoms with Crippen LogP contribution in [0.15, 0.2) is 109 Å². The zero-order valence-electron chi connectivity index (χ0n) is 15.8. The van der Waals surface area contributed by atoms with Gasteiger partial charge in [-0.15, -0.1) is 11.3 Å². The van der Waals surface area contributed by atoms with Crippen molar-refractivity contribution in [3.63, 3.8) is 0 Å². The van der Waals surface area contributed by atoms with E-state index in [4.69, 9.17) is 7.85 Å². The Morgan fingerprint density at radius 1 is 0.621 bits per heavy atom. The first-order chi connectivity index (χ1) is 14.3. The van der Waals surface area contributed by atoms with Crippen molar-refractivity contribution in [1.29, 1.82) is 0 Å². The van der Waals surface area contributed by atoms with Crippen molar-refractivity contribution in [3.8, 4) is 10.4 Å². The Balaban J connectivity index is 1.69. The van der Waals surface area contributed by atoms with Crippen LogP contribution in [0.25, 0.3) is 21.2 Å². The zero-order valence-corrected chi connectivity index (χ0v) is 16.6. The topological polar surface area (TPSA) is 3.24 Å². The number of nitrogens with zero attached hydrogens (tertiary/aromatic N) is 1. The van der Waals surface area contributed by atoms with Gasteiger partial charge in [-0.05, 0) is 41.3 Å². The second kappa shape index (κ2) is 7.61. The molecule has 0 N–H and O–H groups in total. The normalized spacial score (nSPS) is 10.9. The number of thiophene rings is 1. The highest BCUT2D eigenvalue weighted by atomic mass is 32.1. The summed E-state index contributed by atoms with van der Waals surface area (Å²) in [5.41, 5.74) is 4.26. The molecule has 1 heterocycles. The second-order valence-corrected chi connectivity index (χ2v) is 7.99. The molecule has 4 aromatic carbocycles. The molecule has 0 spiro atoms. The van der Waals surface area contributed by atoms with Crippen molar-refractivity contribution in [2.75, 3.05) is 4.90 Å². The summed E-state index contributed by atoms with van der Waals surface area (Å²) in [6.45, 7) is 0. The van der Waals surface area contributed by atoms with Gasteiger partial charge in [0.2, 0.25) is 0 Å². The molecule has 0 bridgehead atoms. The van der Waals surface area contributed by atoms with Crippen LogP contribution in [-0.2, 0) is 0 Å². The Kier molecular flexibility index (Phi) is 4.67. The third kappa shape index (κ3) is 3.46. The Morgan fingerprint density at radius 3 is 2.17 bits per heavy atom. The van der Waals surface area contributed by atoms with Crippen molar-refractivity contribution in [3.05, 3.63) is 109 Å². The van der Waals surface area contributed by atoms with Gasteiger partial charge < -0.3 is 4.90 Å². The molecule has 5 aromatic rings. The van der Waals surface area contributed by atoms with Crippen molar-refractivity contribution >= 4 is 51.8 Å². The summed E-state index contributed by atoms with van der Waals surface area (Å²) < 4.78 is 0. The summed E-state index contributed by atoms with van der Waals surface area (Å²) in [6, 6.07) is 38.0. The fourth-order valence-corrected chi connectivity index (χ4v) is 4.66. The van der Waals surface area contributed by atoms with Gasteiger partial charge in [0.25, 0.3) is 0 Å². The third-order valence-corrected chi connectivity index (χ3v) is 6.15. The lowest BCUT2D eigenvalue weighted by molar-refractivity contribution is 1.34. The van der Waals surface area contributed by atoms with Gasteiger partial charge in [0.1, 0.15) is 12.8 Å². The summed E-state index contributed by atoms with van der Waals surface area (Å²) in [4.78, 5) is 3.57. The molecule has 0 aliphatic heterocycles. The van der Waals surface area contributed by atoms with Gasteiger partial charge in [-0.25, -0.2) is 0 Å². The molecule has 1 aromatic heterocycles. The molecular formula is C26H18BNS. The van der Waals surface area contributed by atoms with Crippen LogP contribution in [0.4, 0.5) is 16.4 Å². The third-order valence-electron chi connectivity index (χ3n) is 5.03. The smallest absolute Gasteiger partial charge is 0.113 e. The zero-order chi connectivity index (χ0) is 19.6. The Bertz CT molecular complexity index is 1250. The molecule has 0 aliphatic carbocycles. The van der Waals surface area contributed by atoms with E-state index >= 15 is 0 Å². The molecule has 0 saturated heterocycles. The SMILES string of the molecule is [B]c1ccc(N(c2ccc(-c3ccccc3)s2)c2cccc3ccccc23)cc1. The van der Waals surface area contributed by atoms with Crippen LogP contribution in [0.3, 0.4) is 0 Å². The molecule has 3 heteroatoms. The first-order valence-electron chi connectivity index (χ1n) is 9.58. The van der Waals surface area contributed by atoms with Gasteiger partial charge in [0.05, 0.1) is 5.69 Å². The molecule has 0 saturated carbocycles. The van der Waals surface area contributed by atoms with Crippen LogP contribution < -0.4 is 10.4 Å². The van der Waals surface area contributed by atoms with Crippen molar-refractivity contribution in [1.82, 2.24) is 0 Å². The van der Waals surface area contributed by atoms with Crippen LogP contribution in [0.2, 0.25) is 0 Å². The van der Waals surface area contributed by atoms with Crippen molar-refractivity contribution in [2.45, 2.75) is 0 Å². The van der Waals surface area contributed by atoms with Gasteiger partial charge in [0, 0.05) is 16.0 Å². The van der Waals surface area contributed by atoms with Crippen molar-refractivity contribution < 1.29 is 0 Å². The van der Waals surface area contributed by atoms with E-state index in [1.807, 2.05) is 12.1 Å². The molecule has 1 nitrogen and oxygen atoms in total. The van der Waals surface area contributed by atoms with E-state index < -0.39 is 0 Å². The van der Waals surface area contributed by atoms with Crippen LogP contribution in [0.5, 0.6) is 0 Å². The summed E-state index contributed by atoms with van der Waals surface area (Å²) in [5, 5.41) is 3.62. The second-order valence-electron chi connectivity index (χ2n) is 6.93. The average molecular weight is 387 g/mol. The number of benzene rings is 4. The van der Waals surface area contributed by atoms with Gasteiger partial charge >= 0.3 is 0 Å². The highest BCUT2D eigenvalue weighted by molar-refractivity contribution is 7.19. The maximum Gasteiger partial charge on any atom is 0.113 e. The van der Waals surface area contributed by atoms with Gasteiger partial charge in [-0.1, -0.05) is 84.3 Å². The van der Waals surface area contributed by atoms with Gasteiger partial charge in [-0.3, -0.25) is 0 Å². The Hall–Kier alpha value is -3.30. The van der Waals surface area contributed by atoms with E-state index in [9.17, 15) is 0 Å². The molecule has 136 valence electrons. The summed E-state index contributed by atoms with van der Waals surface area (Å²) >= 11 is 1.79. The summed E-state index contributed by atoms with van der Waals surface area (Å²) in [5.74, 6) is 0. The minimum absolute atomic E-state index is 0.766. The van der Waals surface area contributed by atoms with E-state index in [0.717, 1.165) is 16.8 Å². The Labute approximate surface area is 176 Å². The van der Waals surface area contributed by atoms with Crippen LogP contribution in [-0.4, -0.2) is 7.85 Å². The standard InChI is InChI=1S/C26H18BNS/c27-21-13-15-22(16-14-21)28(24-12-6-10-19-7-4-5-11-23(19)24)26-18-17-25(29-26)20-8-2-1-3-9-20/h1-18H. The lowest BCUT2D eigenvalue weighted by Crippen LogP contribution is -2.10. The fraction of sp³-hybridized carbons (Fsp3) is 0. The average Bonchev–Trinajstić information content (AvgIpc) is 3.26. The van der Waals surface area contributed by atoms with E-state index in [2.05, 4.69) is 102 Å². The van der Waals surface area contributed by atoms with E-state index in [1.165, 1.54) is 26.2 Å². The minimum atomic E-state index is 0.766. The molecule has 0 fully saturated rings. The fourth-order valence-electron chi connectivity index (χ4n) is 3.62. The quantitative estimate of drug-likeness (QED) is 0.306. The molecule has 29 heavy (non-hydrogen) atoms. The lowest BCUT2D eigenvalue weighted by Gasteiger charge is -2.25. The molecule has 0 atom stereocenters. The summed E-state index contributed by atoms with van der Waals surface area (Å²) in [7, 11) is 5.96. The number of hydrogen-bond donors (Lipinski definition) is 0. The van der Waals surface area contributed by atoms with Crippen LogP contribution in [0.1, 0.15) is 0 Å². The lowest BCUT2D eigenvalue weighted by atomic mass is 9.96. The van der Waals surface area contributed by atoms with Gasteiger partial charge in [-0.2, -0.15) is 0 Å². The Morgan fingerprint density at radius 2 is 1.34 bits per heavy atom. The van der Waals surface area contributed by atoms with E-state index in [1.54, 1.807) is 11.3 Å². The van der Waals surface area contributed by atoms with Crippen LogP contribution in [0, 0.1) is 0 Å². The number of anilines is 3. The minimum Gasteiger partial charge on any atom is -0.301 e. The van der Waals surface area contributed by atoms with Crippen molar-refractivity contribution in [2.24, 2.45) is 0 Å². The molecule has 5 rings (SSSR count). The summed E-state index contributed by atoms with van der Waals surface area (Å²) in [6.07, 6.45) is 0. The number of hydrogen-bond acceptors (Lipinski definition) is 2. The first kappa shape index (κ1) is 17.8. The molecular weight excluding hydrogens is 369 g/mol. The van der Waals surface area contributed by atoms with Crippen LogP contribution >= 0.6 is 11.3 Å². The predicted octanol–water partition coefficient (Wildman–Crippen LogP) is 6.83. The maximum absolute atomic E-state index is 5.96. The molecule has 0 unspecified atom stereocenters. The number of rotatable bonds is 4. The van der Waals surface area contributed by atoms with E-state index in [-0.39, 0.29) is 0 Å². The van der Waals surface area contributed by atoms with Gasteiger partial charge in [0.15, 0.2) is 0 Å². The van der Waals surface area contributed by atoms with E-state index in [0.29, 0.717) is 0 Å². The number of fused-ring (bicyclic) bond motifs is 1. The first-order valence-corrected chi connectivity index (χ1v) is 10.4. The molecule has 0 amide bonds. The predicted molar refractivity (Wildman–Crippen MR) is 127 cm³/mol. The highest BCUT2D eigenvalue weighted by Gasteiger charge is 2.17. The maximum atomic E-state index is 5.96. The molecule has 2 radical (unpaired) electrons. The highest BCUT2D eigenvalue weighted by Crippen LogP contribution is 2.43. The monoisotopic (exact) mass is 387 g/mol. The largest absolute Gasteiger partial charge is 0.301 e.